The van der Waals surface area contributed by atoms with E-state index in [4.69, 9.17) is 5.73 Å². The number of rotatable bonds is 6. The number of thioether (sulfide) groups is 1. The van der Waals surface area contributed by atoms with Gasteiger partial charge in [0, 0.05) is 16.4 Å². The first-order valence-electron chi connectivity index (χ1n) is 5.35. The van der Waals surface area contributed by atoms with E-state index >= 15 is 0 Å². The Balaban J connectivity index is 2.28. The van der Waals surface area contributed by atoms with Crippen molar-refractivity contribution in [3.8, 4) is 0 Å². The Hall–Kier alpha value is -1.12. The molecule has 0 aromatic carbocycles. The summed E-state index contributed by atoms with van der Waals surface area (Å²) >= 11 is 4.51. The number of hydrogen-bond donors (Lipinski definition) is 2. The molecule has 8 heteroatoms. The fourth-order valence-electron chi connectivity index (χ4n) is 1.13. The first kappa shape index (κ1) is 15.9. The molecule has 0 bridgehead atoms. The summed E-state index contributed by atoms with van der Waals surface area (Å²) in [6, 6.07) is 2.75. The molecular formula is C11H14BrN3O3S. The van der Waals surface area contributed by atoms with E-state index in [-0.39, 0.29) is 11.7 Å². The number of hydrogen-bond acceptors (Lipinski definition) is 6. The Morgan fingerprint density at radius 3 is 2.89 bits per heavy atom. The summed E-state index contributed by atoms with van der Waals surface area (Å²) in [5.41, 5.74) is 5.54. The van der Waals surface area contributed by atoms with Crippen molar-refractivity contribution in [2.24, 2.45) is 5.73 Å². The number of ether oxygens (including phenoxy) is 1. The molecule has 0 saturated carbocycles. The van der Waals surface area contributed by atoms with Gasteiger partial charge in [0.15, 0.2) is 0 Å². The van der Waals surface area contributed by atoms with Gasteiger partial charge in [0.25, 0.3) is 0 Å². The Morgan fingerprint density at radius 2 is 2.32 bits per heavy atom. The molecule has 1 aromatic heterocycles. The van der Waals surface area contributed by atoms with Gasteiger partial charge >= 0.3 is 5.97 Å². The molecule has 1 rings (SSSR count). The zero-order valence-electron chi connectivity index (χ0n) is 10.3. The second-order valence-corrected chi connectivity index (χ2v) is 5.50. The summed E-state index contributed by atoms with van der Waals surface area (Å²) < 4.78 is 5.32. The standard InChI is InChI=1S/C11H14BrN3O3S/c1-18-11(17)8(13)5-19-6-10(16)15-9-3-2-7(12)4-14-9/h2-4,8H,5-6,13H2,1H3,(H,14,15,16). The zero-order chi connectivity index (χ0) is 14.3. The van der Waals surface area contributed by atoms with Crippen LogP contribution in [0.25, 0.3) is 0 Å². The van der Waals surface area contributed by atoms with Crippen LogP contribution in [-0.2, 0) is 14.3 Å². The topological polar surface area (TPSA) is 94.3 Å². The number of nitrogens with two attached hydrogens (primary N) is 1. The lowest BCUT2D eigenvalue weighted by atomic mass is 10.4. The molecular weight excluding hydrogens is 334 g/mol. The van der Waals surface area contributed by atoms with Crippen molar-refractivity contribution >= 4 is 45.4 Å². The highest BCUT2D eigenvalue weighted by molar-refractivity contribution is 9.10. The molecule has 0 aliphatic heterocycles. The maximum Gasteiger partial charge on any atom is 0.323 e. The zero-order valence-corrected chi connectivity index (χ0v) is 12.7. The first-order valence-corrected chi connectivity index (χ1v) is 7.30. The molecule has 0 aliphatic carbocycles. The van der Waals surface area contributed by atoms with E-state index < -0.39 is 12.0 Å². The summed E-state index contributed by atoms with van der Waals surface area (Å²) in [6.07, 6.45) is 1.59. The molecule has 0 spiro atoms. The summed E-state index contributed by atoms with van der Waals surface area (Å²) in [6.45, 7) is 0. The predicted molar refractivity (Wildman–Crippen MR) is 77.9 cm³/mol. The van der Waals surface area contributed by atoms with Crippen LogP contribution in [0.2, 0.25) is 0 Å². The van der Waals surface area contributed by atoms with Gasteiger partial charge in [-0.2, -0.15) is 0 Å². The minimum absolute atomic E-state index is 0.197. The number of halogens is 1. The van der Waals surface area contributed by atoms with Crippen LogP contribution in [0, 0.1) is 0 Å². The predicted octanol–water partition coefficient (Wildman–Crippen LogP) is 1.02. The Kier molecular flexibility index (Phi) is 6.82. The highest BCUT2D eigenvalue weighted by Gasteiger charge is 2.14. The third-order valence-corrected chi connectivity index (χ3v) is 3.56. The summed E-state index contributed by atoms with van der Waals surface area (Å²) in [5.74, 6) is 0.321. The Labute approximate surface area is 123 Å². The van der Waals surface area contributed by atoms with Gasteiger partial charge in [0.05, 0.1) is 12.9 Å². The molecule has 0 aliphatic rings. The third kappa shape index (κ3) is 6.04. The molecule has 104 valence electrons. The summed E-state index contributed by atoms with van der Waals surface area (Å²) in [5, 5.41) is 2.64. The molecule has 0 radical (unpaired) electrons. The van der Waals surface area contributed by atoms with Crippen LogP contribution in [0.15, 0.2) is 22.8 Å². The molecule has 1 aromatic rings. The molecule has 6 nitrogen and oxygen atoms in total. The van der Waals surface area contributed by atoms with Gasteiger partial charge in [-0.05, 0) is 28.1 Å². The molecule has 1 heterocycles. The second kappa shape index (κ2) is 8.13. The maximum absolute atomic E-state index is 11.6. The van der Waals surface area contributed by atoms with E-state index in [0.717, 1.165) is 4.47 Å². The number of nitrogens with zero attached hydrogens (tertiary/aromatic N) is 1. The van der Waals surface area contributed by atoms with Crippen molar-refractivity contribution in [2.75, 3.05) is 23.9 Å². The number of methoxy groups -OCH3 is 1. The Morgan fingerprint density at radius 1 is 1.58 bits per heavy atom. The van der Waals surface area contributed by atoms with Crippen molar-refractivity contribution < 1.29 is 14.3 Å². The number of anilines is 1. The van der Waals surface area contributed by atoms with Crippen LogP contribution in [0.1, 0.15) is 0 Å². The quantitative estimate of drug-likeness (QED) is 0.746. The number of carbonyl (C=O) groups excluding carboxylic acids is 2. The normalized spacial score (nSPS) is 11.7. The van der Waals surface area contributed by atoms with Crippen LogP contribution in [-0.4, -0.2) is 41.5 Å². The van der Waals surface area contributed by atoms with Crippen molar-refractivity contribution in [2.45, 2.75) is 6.04 Å². The second-order valence-electron chi connectivity index (χ2n) is 3.55. The van der Waals surface area contributed by atoms with Gasteiger partial charge in [0.1, 0.15) is 11.9 Å². The van der Waals surface area contributed by atoms with Gasteiger partial charge in [-0.15, -0.1) is 11.8 Å². The van der Waals surface area contributed by atoms with Gasteiger partial charge in [-0.3, -0.25) is 9.59 Å². The first-order chi connectivity index (χ1) is 9.02. The monoisotopic (exact) mass is 347 g/mol. The van der Waals surface area contributed by atoms with Crippen LogP contribution in [0.3, 0.4) is 0 Å². The highest BCUT2D eigenvalue weighted by Crippen LogP contribution is 2.11. The summed E-state index contributed by atoms with van der Waals surface area (Å²) in [4.78, 5) is 26.6. The number of nitrogens with one attached hydrogen (secondary N) is 1. The van der Waals surface area contributed by atoms with E-state index in [0.29, 0.717) is 11.6 Å². The van der Waals surface area contributed by atoms with E-state index in [2.05, 4.69) is 31.0 Å². The average molecular weight is 348 g/mol. The van der Waals surface area contributed by atoms with Crippen LogP contribution in [0.5, 0.6) is 0 Å². The highest BCUT2D eigenvalue weighted by atomic mass is 79.9. The molecule has 1 unspecified atom stereocenters. The van der Waals surface area contributed by atoms with E-state index in [1.54, 1.807) is 18.3 Å². The lowest BCUT2D eigenvalue weighted by Crippen LogP contribution is -2.34. The fraction of sp³-hybridized carbons (Fsp3) is 0.364. The Bertz CT molecular complexity index is 441. The van der Waals surface area contributed by atoms with Crippen molar-refractivity contribution in [3.63, 3.8) is 0 Å². The van der Waals surface area contributed by atoms with E-state index in [1.165, 1.54) is 18.9 Å². The van der Waals surface area contributed by atoms with Crippen molar-refractivity contribution in [1.82, 2.24) is 4.98 Å². The minimum Gasteiger partial charge on any atom is -0.468 e. The molecule has 0 fully saturated rings. The minimum atomic E-state index is -0.714. The van der Waals surface area contributed by atoms with Crippen LogP contribution < -0.4 is 11.1 Å². The molecule has 1 atom stereocenters. The number of carbonyl (C=O) groups is 2. The number of aromatic nitrogens is 1. The lowest BCUT2D eigenvalue weighted by molar-refractivity contribution is -0.141. The number of pyridine rings is 1. The van der Waals surface area contributed by atoms with Crippen LogP contribution >= 0.6 is 27.7 Å². The fourth-order valence-corrected chi connectivity index (χ4v) is 2.13. The van der Waals surface area contributed by atoms with E-state index in [9.17, 15) is 9.59 Å². The lowest BCUT2D eigenvalue weighted by Gasteiger charge is -2.08. The van der Waals surface area contributed by atoms with Gasteiger partial charge in [-0.25, -0.2) is 4.98 Å². The van der Waals surface area contributed by atoms with E-state index in [1.807, 2.05) is 0 Å². The van der Waals surface area contributed by atoms with Crippen LogP contribution in [0.4, 0.5) is 5.82 Å². The van der Waals surface area contributed by atoms with Gasteiger partial charge in [-0.1, -0.05) is 0 Å². The van der Waals surface area contributed by atoms with Gasteiger partial charge < -0.3 is 15.8 Å². The number of esters is 1. The largest absolute Gasteiger partial charge is 0.468 e. The smallest absolute Gasteiger partial charge is 0.323 e. The molecule has 0 saturated heterocycles. The average Bonchev–Trinajstić information content (AvgIpc) is 2.40. The van der Waals surface area contributed by atoms with Gasteiger partial charge in [0.2, 0.25) is 5.91 Å². The number of amides is 1. The van der Waals surface area contributed by atoms with Crippen molar-refractivity contribution in [1.29, 1.82) is 0 Å². The molecule has 1 amide bonds. The third-order valence-electron chi connectivity index (χ3n) is 2.03. The van der Waals surface area contributed by atoms with Crippen molar-refractivity contribution in [3.05, 3.63) is 22.8 Å². The molecule has 3 N–H and O–H groups in total. The summed E-state index contributed by atoms with van der Waals surface area (Å²) in [7, 11) is 1.28. The maximum atomic E-state index is 11.6. The molecule has 19 heavy (non-hydrogen) atoms. The SMILES string of the molecule is COC(=O)C(N)CSCC(=O)Nc1ccc(Br)cn1.